The van der Waals surface area contributed by atoms with E-state index in [0.29, 0.717) is 12.2 Å². The molecule has 0 unspecified atom stereocenters. The number of amides is 1. The number of aromatic nitrogens is 2. The number of likely N-dealkylation sites (N-methyl/N-ethyl adjacent to an activating group) is 1. The van der Waals surface area contributed by atoms with Gasteiger partial charge in [-0.1, -0.05) is 12.1 Å². The van der Waals surface area contributed by atoms with Gasteiger partial charge in [0.1, 0.15) is 13.2 Å². The molecule has 21 heavy (non-hydrogen) atoms. The minimum atomic E-state index is -0.418. The van der Waals surface area contributed by atoms with Gasteiger partial charge in [-0.25, -0.2) is 4.39 Å². The van der Waals surface area contributed by atoms with Crippen LogP contribution in [-0.2, 0) is 11.3 Å². The van der Waals surface area contributed by atoms with Crippen molar-refractivity contribution in [2.24, 2.45) is 0 Å². The highest BCUT2D eigenvalue weighted by molar-refractivity contribution is 5.75. The van der Waals surface area contributed by atoms with E-state index in [1.165, 1.54) is 21.8 Å². The van der Waals surface area contributed by atoms with Gasteiger partial charge in [0.2, 0.25) is 5.91 Å². The Morgan fingerprint density at radius 3 is 2.90 bits per heavy atom. The van der Waals surface area contributed by atoms with E-state index in [2.05, 4.69) is 5.10 Å². The number of nitrogens with two attached hydrogens (primary N) is 1. The molecule has 0 radical (unpaired) electrons. The number of benzene rings is 1. The molecule has 1 heterocycles. The zero-order chi connectivity index (χ0) is 15.2. The van der Waals surface area contributed by atoms with Crippen LogP contribution in [0.2, 0.25) is 0 Å². The van der Waals surface area contributed by atoms with Crippen LogP contribution >= 0.6 is 0 Å². The molecule has 0 bridgehead atoms. The summed E-state index contributed by atoms with van der Waals surface area (Å²) in [5.74, 6) is -0.369. The quantitative estimate of drug-likeness (QED) is 0.866. The fourth-order valence-electron chi connectivity index (χ4n) is 1.70. The van der Waals surface area contributed by atoms with Crippen molar-refractivity contribution in [3.8, 4) is 5.75 Å². The van der Waals surface area contributed by atoms with E-state index in [1.54, 1.807) is 31.4 Å². The van der Waals surface area contributed by atoms with Gasteiger partial charge in [-0.2, -0.15) is 5.10 Å². The lowest BCUT2D eigenvalue weighted by Crippen LogP contribution is -2.33. The zero-order valence-electron chi connectivity index (χ0n) is 11.7. The van der Waals surface area contributed by atoms with E-state index in [-0.39, 0.29) is 24.8 Å². The Bertz CT molecular complexity index is 615. The molecule has 0 aliphatic rings. The molecule has 0 atom stereocenters. The number of hydrogen-bond acceptors (Lipinski definition) is 4. The van der Waals surface area contributed by atoms with Crippen LogP contribution in [0.5, 0.6) is 5.75 Å². The van der Waals surface area contributed by atoms with Gasteiger partial charge in [0.25, 0.3) is 0 Å². The molecule has 1 aromatic carbocycles. The molecule has 112 valence electrons. The number of carbonyl (C=O) groups excluding carboxylic acids is 1. The Labute approximate surface area is 121 Å². The fourth-order valence-corrected chi connectivity index (χ4v) is 1.70. The summed E-state index contributed by atoms with van der Waals surface area (Å²) in [6.45, 7) is 0.668. The Balaban J connectivity index is 1.77. The van der Waals surface area contributed by atoms with Crippen LogP contribution in [0, 0.1) is 5.82 Å². The molecule has 0 spiro atoms. The topological polar surface area (TPSA) is 73.4 Å². The normalized spacial score (nSPS) is 10.4. The van der Waals surface area contributed by atoms with Crippen LogP contribution in [0.4, 0.5) is 10.1 Å². The van der Waals surface area contributed by atoms with Crippen LogP contribution in [0.3, 0.4) is 0 Å². The van der Waals surface area contributed by atoms with Crippen molar-refractivity contribution < 1.29 is 13.9 Å². The summed E-state index contributed by atoms with van der Waals surface area (Å²) >= 11 is 0. The lowest BCUT2D eigenvalue weighted by Gasteiger charge is -2.17. The molecular weight excluding hydrogens is 275 g/mol. The molecule has 1 aromatic heterocycles. The van der Waals surface area contributed by atoms with Gasteiger partial charge in [-0.3, -0.25) is 9.48 Å². The van der Waals surface area contributed by atoms with Crippen LogP contribution in [0.15, 0.2) is 36.7 Å². The molecule has 0 saturated heterocycles. The van der Waals surface area contributed by atoms with Crippen molar-refractivity contribution >= 4 is 11.6 Å². The number of nitrogens with zero attached hydrogens (tertiary/aromatic N) is 3. The first-order valence-corrected chi connectivity index (χ1v) is 6.45. The van der Waals surface area contributed by atoms with Crippen molar-refractivity contribution in [1.29, 1.82) is 0 Å². The first-order valence-electron chi connectivity index (χ1n) is 6.45. The molecule has 7 heteroatoms. The minimum absolute atomic E-state index is 0.105. The van der Waals surface area contributed by atoms with Crippen molar-refractivity contribution in [2.45, 2.75) is 6.54 Å². The third-order valence-electron chi connectivity index (χ3n) is 2.90. The number of carbonyl (C=O) groups is 1. The maximum Gasteiger partial charge on any atom is 0.244 e. The Morgan fingerprint density at radius 2 is 2.24 bits per heavy atom. The predicted molar refractivity (Wildman–Crippen MR) is 76.2 cm³/mol. The second-order valence-electron chi connectivity index (χ2n) is 4.57. The van der Waals surface area contributed by atoms with Gasteiger partial charge >= 0.3 is 0 Å². The Hall–Kier alpha value is -2.57. The van der Waals surface area contributed by atoms with E-state index in [0.717, 1.165) is 0 Å². The maximum atomic E-state index is 13.3. The number of anilines is 1. The monoisotopic (exact) mass is 292 g/mol. The summed E-state index contributed by atoms with van der Waals surface area (Å²) in [4.78, 5) is 13.4. The molecule has 2 aromatic rings. The summed E-state index contributed by atoms with van der Waals surface area (Å²) in [7, 11) is 1.65. The van der Waals surface area contributed by atoms with Crippen molar-refractivity contribution in [3.05, 3.63) is 42.5 Å². The highest BCUT2D eigenvalue weighted by Crippen LogP contribution is 2.14. The number of hydrogen-bond donors (Lipinski definition) is 1. The third-order valence-corrected chi connectivity index (χ3v) is 2.90. The molecule has 0 aliphatic heterocycles. The fraction of sp³-hybridized carbons (Fsp3) is 0.286. The largest absolute Gasteiger partial charge is 0.489 e. The SMILES string of the molecule is CN(CCOc1ccccc1F)C(=O)Cn1cc(N)cn1. The van der Waals surface area contributed by atoms with Crippen molar-refractivity contribution in [1.82, 2.24) is 14.7 Å². The molecule has 0 fully saturated rings. The van der Waals surface area contributed by atoms with Crippen molar-refractivity contribution in [3.63, 3.8) is 0 Å². The van der Waals surface area contributed by atoms with Crippen LogP contribution < -0.4 is 10.5 Å². The average Bonchev–Trinajstić information content (AvgIpc) is 2.86. The molecule has 1 amide bonds. The number of para-hydroxylation sites is 1. The zero-order valence-corrected chi connectivity index (χ0v) is 11.7. The molecule has 6 nitrogen and oxygen atoms in total. The molecule has 0 aliphatic carbocycles. The van der Waals surface area contributed by atoms with E-state index >= 15 is 0 Å². The van der Waals surface area contributed by atoms with Gasteiger partial charge in [-0.05, 0) is 12.1 Å². The van der Waals surface area contributed by atoms with E-state index in [1.807, 2.05) is 0 Å². The number of nitrogen functional groups attached to an aromatic ring is 1. The van der Waals surface area contributed by atoms with Gasteiger partial charge < -0.3 is 15.4 Å². The lowest BCUT2D eigenvalue weighted by atomic mass is 10.3. The van der Waals surface area contributed by atoms with Crippen LogP contribution in [0.1, 0.15) is 0 Å². The van der Waals surface area contributed by atoms with E-state index in [9.17, 15) is 9.18 Å². The van der Waals surface area contributed by atoms with E-state index in [4.69, 9.17) is 10.5 Å². The second kappa shape index (κ2) is 6.74. The summed E-state index contributed by atoms with van der Waals surface area (Å²) < 4.78 is 20.1. The highest BCUT2D eigenvalue weighted by atomic mass is 19.1. The summed E-state index contributed by atoms with van der Waals surface area (Å²) in [5.41, 5.74) is 6.03. The number of ether oxygens (including phenoxy) is 1. The predicted octanol–water partition coefficient (Wildman–Crippen LogP) is 1.14. The van der Waals surface area contributed by atoms with Crippen LogP contribution in [-0.4, -0.2) is 40.8 Å². The first-order chi connectivity index (χ1) is 10.1. The third kappa shape index (κ3) is 4.20. The number of rotatable bonds is 6. The van der Waals surface area contributed by atoms with Gasteiger partial charge in [0.15, 0.2) is 11.6 Å². The number of halogens is 1. The smallest absolute Gasteiger partial charge is 0.244 e. The van der Waals surface area contributed by atoms with Gasteiger partial charge in [-0.15, -0.1) is 0 Å². The van der Waals surface area contributed by atoms with Gasteiger partial charge in [0, 0.05) is 13.2 Å². The standard InChI is InChI=1S/C14H17FN4O2/c1-18(14(20)10-19-9-11(16)8-17-19)6-7-21-13-5-3-2-4-12(13)15/h2-5,8-9H,6-7,10,16H2,1H3. The first kappa shape index (κ1) is 14.8. The summed E-state index contributed by atoms with van der Waals surface area (Å²) in [5, 5.41) is 3.94. The maximum absolute atomic E-state index is 13.3. The highest BCUT2D eigenvalue weighted by Gasteiger charge is 2.10. The minimum Gasteiger partial charge on any atom is -0.489 e. The van der Waals surface area contributed by atoms with E-state index < -0.39 is 5.82 Å². The Morgan fingerprint density at radius 1 is 1.48 bits per heavy atom. The molecule has 2 rings (SSSR count). The molecule has 0 saturated carbocycles. The molecule has 2 N–H and O–H groups in total. The van der Waals surface area contributed by atoms with Gasteiger partial charge in [0.05, 0.1) is 18.4 Å². The average molecular weight is 292 g/mol. The lowest BCUT2D eigenvalue weighted by molar-refractivity contribution is -0.131. The van der Waals surface area contributed by atoms with Crippen molar-refractivity contribution in [2.75, 3.05) is 25.9 Å². The Kier molecular flexibility index (Phi) is 4.76. The van der Waals surface area contributed by atoms with Crippen LogP contribution in [0.25, 0.3) is 0 Å². The summed E-state index contributed by atoms with van der Waals surface area (Å²) in [6, 6.07) is 6.15. The second-order valence-corrected chi connectivity index (χ2v) is 4.57. The summed E-state index contributed by atoms with van der Waals surface area (Å²) in [6.07, 6.45) is 3.07. The molecular formula is C14H17FN4O2.